The van der Waals surface area contributed by atoms with Gasteiger partial charge in [0.1, 0.15) is 5.75 Å². The van der Waals surface area contributed by atoms with Crippen LogP contribution in [0, 0.1) is 25.7 Å². The number of nitrogens with one attached hydrogen (secondary N) is 1. The second-order valence-electron chi connectivity index (χ2n) is 6.61. The molecule has 1 aliphatic rings. The first-order chi connectivity index (χ1) is 9.88. The number of ether oxygens (including phenoxy) is 1. The lowest BCUT2D eigenvalue weighted by atomic mass is 9.93. The van der Waals surface area contributed by atoms with Crippen molar-refractivity contribution in [2.24, 2.45) is 11.8 Å². The average molecular weight is 305 g/mol. The number of allylic oxidation sites excluding steroid dienone is 1. The van der Waals surface area contributed by atoms with E-state index in [0.717, 1.165) is 24.5 Å². The lowest BCUT2D eigenvalue weighted by molar-refractivity contribution is 0.267. The molecule has 0 spiro atoms. The van der Waals surface area contributed by atoms with Crippen molar-refractivity contribution in [2.75, 3.05) is 6.61 Å². The summed E-state index contributed by atoms with van der Waals surface area (Å²) in [4.78, 5) is 0. The summed E-state index contributed by atoms with van der Waals surface area (Å²) in [6, 6.07) is 4.57. The number of hydrogen-bond donors (Lipinski definition) is 1. The Labute approximate surface area is 133 Å². The van der Waals surface area contributed by atoms with Crippen LogP contribution in [-0.4, -0.2) is 6.61 Å². The van der Waals surface area contributed by atoms with Crippen LogP contribution in [-0.2, 0) is 0 Å². The molecule has 1 N–H and O–H groups in total. The Morgan fingerprint density at radius 1 is 1.33 bits per heavy atom. The fourth-order valence-corrected chi connectivity index (χ4v) is 3.80. The van der Waals surface area contributed by atoms with E-state index in [4.69, 9.17) is 4.74 Å². The molecule has 0 saturated carbocycles. The van der Waals surface area contributed by atoms with Gasteiger partial charge in [0.05, 0.1) is 11.9 Å². The molecule has 0 bridgehead atoms. The number of hydrogen-bond acceptors (Lipinski definition) is 3. The van der Waals surface area contributed by atoms with Gasteiger partial charge in [0.2, 0.25) is 0 Å². The van der Waals surface area contributed by atoms with Crippen molar-refractivity contribution < 1.29 is 4.74 Å². The molecule has 1 saturated heterocycles. The van der Waals surface area contributed by atoms with Crippen LogP contribution in [0.15, 0.2) is 24.4 Å². The van der Waals surface area contributed by atoms with Gasteiger partial charge in [0.15, 0.2) is 0 Å². The number of aryl methyl sites for hydroxylation is 2. The molecule has 1 aliphatic heterocycles. The molecule has 1 fully saturated rings. The summed E-state index contributed by atoms with van der Waals surface area (Å²) in [5, 5.41) is 0.479. The molecule has 1 aromatic rings. The molecule has 3 heteroatoms. The highest BCUT2D eigenvalue weighted by Crippen LogP contribution is 2.42. The zero-order valence-electron chi connectivity index (χ0n) is 13.8. The van der Waals surface area contributed by atoms with Crippen molar-refractivity contribution in [2.45, 2.75) is 46.3 Å². The summed E-state index contributed by atoms with van der Waals surface area (Å²) in [6.45, 7) is 15.8. The van der Waals surface area contributed by atoms with Gasteiger partial charge in [-0.3, -0.25) is 0 Å². The summed E-state index contributed by atoms with van der Waals surface area (Å²) in [5.41, 5.74) is 5.00. The third-order valence-corrected chi connectivity index (χ3v) is 5.18. The van der Waals surface area contributed by atoms with Crippen molar-refractivity contribution in [1.82, 2.24) is 4.72 Å². The minimum atomic E-state index is 0.479. The molecule has 2 unspecified atom stereocenters. The first-order valence-corrected chi connectivity index (χ1v) is 8.59. The Morgan fingerprint density at radius 2 is 1.95 bits per heavy atom. The predicted octanol–water partition coefficient (Wildman–Crippen LogP) is 5.17. The van der Waals surface area contributed by atoms with Crippen LogP contribution < -0.4 is 9.46 Å². The molecule has 2 atom stereocenters. The zero-order chi connectivity index (χ0) is 15.6. The molecule has 1 heterocycles. The minimum Gasteiger partial charge on any atom is -0.493 e. The zero-order valence-corrected chi connectivity index (χ0v) is 14.6. The topological polar surface area (TPSA) is 21.3 Å². The van der Waals surface area contributed by atoms with Gasteiger partial charge in [0, 0.05) is 5.70 Å². The van der Waals surface area contributed by atoms with Crippen molar-refractivity contribution in [3.05, 3.63) is 41.1 Å². The van der Waals surface area contributed by atoms with Gasteiger partial charge in [0.25, 0.3) is 0 Å². The van der Waals surface area contributed by atoms with E-state index >= 15 is 0 Å². The molecular formula is C18H27NOS. The maximum atomic E-state index is 5.98. The van der Waals surface area contributed by atoms with E-state index in [-0.39, 0.29) is 0 Å². The molecule has 0 aromatic heterocycles. The van der Waals surface area contributed by atoms with Gasteiger partial charge >= 0.3 is 0 Å². The maximum absolute atomic E-state index is 5.98. The standard InChI is InChI=1S/C18H27NOS/c1-11(2)10-20-17-12(3)8-16(9-13(17)4)18-14(5)7-15(6)19-21-18/h8-9,11,14,18-19H,6-7,10H2,1-5H3. The number of rotatable bonds is 4. The maximum Gasteiger partial charge on any atom is 0.125 e. The lowest BCUT2D eigenvalue weighted by Crippen LogP contribution is -2.21. The quantitative estimate of drug-likeness (QED) is 0.775. The summed E-state index contributed by atoms with van der Waals surface area (Å²) in [6.07, 6.45) is 1.04. The van der Waals surface area contributed by atoms with Crippen LogP contribution in [0.2, 0.25) is 0 Å². The van der Waals surface area contributed by atoms with E-state index in [2.05, 4.69) is 58.1 Å². The molecule has 0 radical (unpaired) electrons. The molecule has 21 heavy (non-hydrogen) atoms. The molecule has 0 aliphatic carbocycles. The smallest absolute Gasteiger partial charge is 0.125 e. The Bertz CT molecular complexity index is 501. The van der Waals surface area contributed by atoms with E-state index < -0.39 is 0 Å². The first kappa shape index (κ1) is 16.3. The highest BCUT2D eigenvalue weighted by atomic mass is 32.2. The third kappa shape index (κ3) is 3.97. The van der Waals surface area contributed by atoms with Crippen LogP contribution in [0.1, 0.15) is 49.1 Å². The Kier molecular flexibility index (Phi) is 5.26. The Balaban J connectivity index is 2.21. The summed E-state index contributed by atoms with van der Waals surface area (Å²) in [5.74, 6) is 2.20. The van der Waals surface area contributed by atoms with Gasteiger partial charge in [-0.15, -0.1) is 0 Å². The third-order valence-electron chi connectivity index (χ3n) is 3.79. The fourth-order valence-electron chi connectivity index (χ4n) is 2.82. The minimum absolute atomic E-state index is 0.479. The second-order valence-corrected chi connectivity index (χ2v) is 7.56. The first-order valence-electron chi connectivity index (χ1n) is 7.71. The van der Waals surface area contributed by atoms with Gasteiger partial charge in [-0.2, -0.15) is 0 Å². The van der Waals surface area contributed by atoms with E-state index in [1.54, 1.807) is 11.9 Å². The van der Waals surface area contributed by atoms with E-state index in [0.29, 0.717) is 17.1 Å². The largest absolute Gasteiger partial charge is 0.493 e. The van der Waals surface area contributed by atoms with Gasteiger partial charge in [-0.1, -0.05) is 39.5 Å². The van der Waals surface area contributed by atoms with Crippen LogP contribution in [0.4, 0.5) is 0 Å². The second kappa shape index (κ2) is 6.78. The Hall–Kier alpha value is -1.09. The molecule has 0 amide bonds. The fraction of sp³-hybridized carbons (Fsp3) is 0.556. The van der Waals surface area contributed by atoms with Crippen molar-refractivity contribution >= 4 is 11.9 Å². The molecular weight excluding hydrogens is 278 g/mol. The lowest BCUT2D eigenvalue weighted by Gasteiger charge is -2.31. The van der Waals surface area contributed by atoms with Gasteiger partial charge < -0.3 is 9.46 Å². The average Bonchev–Trinajstić information content (AvgIpc) is 2.37. The molecule has 2 rings (SSSR count). The predicted molar refractivity (Wildman–Crippen MR) is 92.6 cm³/mol. The van der Waals surface area contributed by atoms with Crippen molar-refractivity contribution in [3.8, 4) is 5.75 Å². The van der Waals surface area contributed by atoms with Crippen molar-refractivity contribution in [3.63, 3.8) is 0 Å². The van der Waals surface area contributed by atoms with E-state index in [1.165, 1.54) is 16.7 Å². The molecule has 116 valence electrons. The van der Waals surface area contributed by atoms with E-state index in [1.807, 2.05) is 0 Å². The molecule has 1 aromatic carbocycles. The summed E-state index contributed by atoms with van der Waals surface area (Å²) >= 11 is 1.78. The van der Waals surface area contributed by atoms with Crippen LogP contribution >= 0.6 is 11.9 Å². The van der Waals surface area contributed by atoms with Crippen LogP contribution in [0.25, 0.3) is 0 Å². The SMILES string of the molecule is C=C1CC(C)C(c2cc(C)c(OCC(C)C)c(C)c2)SN1. The summed E-state index contributed by atoms with van der Waals surface area (Å²) in [7, 11) is 0. The highest BCUT2D eigenvalue weighted by molar-refractivity contribution is 7.97. The van der Waals surface area contributed by atoms with E-state index in [9.17, 15) is 0 Å². The Morgan fingerprint density at radius 3 is 2.48 bits per heavy atom. The number of benzene rings is 1. The summed E-state index contributed by atoms with van der Waals surface area (Å²) < 4.78 is 9.32. The van der Waals surface area contributed by atoms with Crippen molar-refractivity contribution in [1.29, 1.82) is 0 Å². The van der Waals surface area contributed by atoms with Gasteiger partial charge in [-0.05, 0) is 60.7 Å². The monoisotopic (exact) mass is 305 g/mol. The van der Waals surface area contributed by atoms with Crippen LogP contribution in [0.3, 0.4) is 0 Å². The normalized spacial score (nSPS) is 22.3. The molecule has 2 nitrogen and oxygen atoms in total. The highest BCUT2D eigenvalue weighted by Gasteiger charge is 2.26. The van der Waals surface area contributed by atoms with Gasteiger partial charge in [-0.25, -0.2) is 0 Å². The van der Waals surface area contributed by atoms with Crippen LogP contribution in [0.5, 0.6) is 5.75 Å².